The van der Waals surface area contributed by atoms with Crippen LogP contribution in [0, 0.1) is 23.5 Å². The maximum absolute atomic E-state index is 13.6. The molecule has 1 aromatic heterocycles. The molecular weight excluding hydrogens is 498 g/mol. The molecule has 4 aromatic rings. The number of oxazole rings is 1. The largest absolute Gasteiger partial charge is 0.493 e. The van der Waals surface area contributed by atoms with Crippen molar-refractivity contribution >= 4 is 11.1 Å². The van der Waals surface area contributed by atoms with Crippen LogP contribution in [-0.4, -0.2) is 35.7 Å². The highest BCUT2D eigenvalue weighted by Gasteiger charge is 2.44. The van der Waals surface area contributed by atoms with Gasteiger partial charge in [-0.15, -0.1) is 0 Å². The van der Waals surface area contributed by atoms with E-state index < -0.39 is 0 Å². The number of hydrogen-bond acceptors (Lipinski definition) is 5. The van der Waals surface area contributed by atoms with E-state index in [4.69, 9.17) is 13.9 Å². The van der Waals surface area contributed by atoms with Crippen LogP contribution in [0.4, 0.5) is 8.78 Å². The summed E-state index contributed by atoms with van der Waals surface area (Å²) in [4.78, 5) is 7.20. The molecule has 3 atom stereocenters. The van der Waals surface area contributed by atoms with Crippen molar-refractivity contribution in [3.8, 4) is 22.6 Å². The lowest BCUT2D eigenvalue weighted by atomic mass is 9.90. The Morgan fingerprint density at radius 2 is 1.62 bits per heavy atom. The fourth-order valence-electron chi connectivity index (χ4n) is 6.61. The molecule has 1 aliphatic heterocycles. The molecule has 1 aliphatic carbocycles. The maximum Gasteiger partial charge on any atom is 0.195 e. The zero-order chi connectivity index (χ0) is 26.9. The third-order valence-electron chi connectivity index (χ3n) is 8.23. The van der Waals surface area contributed by atoms with Crippen molar-refractivity contribution in [1.82, 2.24) is 9.88 Å². The molecule has 5 nitrogen and oxygen atoms in total. The molecule has 1 saturated carbocycles. The topological polar surface area (TPSA) is 47.7 Å². The Labute approximate surface area is 227 Å². The third-order valence-corrected chi connectivity index (χ3v) is 8.23. The van der Waals surface area contributed by atoms with E-state index in [0.717, 1.165) is 67.0 Å². The summed E-state index contributed by atoms with van der Waals surface area (Å²) in [7, 11) is 0. The molecule has 1 unspecified atom stereocenters. The van der Waals surface area contributed by atoms with Gasteiger partial charge in [0.05, 0.1) is 18.8 Å². The Hall–Kier alpha value is -3.45. The van der Waals surface area contributed by atoms with Crippen molar-refractivity contribution in [1.29, 1.82) is 0 Å². The van der Waals surface area contributed by atoms with E-state index in [1.54, 1.807) is 18.2 Å². The molecule has 6 rings (SSSR count). The maximum atomic E-state index is 13.6. The van der Waals surface area contributed by atoms with E-state index in [1.165, 1.54) is 24.3 Å². The van der Waals surface area contributed by atoms with Gasteiger partial charge >= 0.3 is 0 Å². The van der Waals surface area contributed by atoms with E-state index in [9.17, 15) is 8.78 Å². The fraction of sp³-hybridized carbons (Fsp3) is 0.406. The summed E-state index contributed by atoms with van der Waals surface area (Å²) in [6, 6.07) is 15.7. The van der Waals surface area contributed by atoms with Gasteiger partial charge in [0.15, 0.2) is 11.5 Å². The smallest absolute Gasteiger partial charge is 0.195 e. The van der Waals surface area contributed by atoms with Crippen molar-refractivity contribution < 1.29 is 22.7 Å². The number of hydrogen-bond donors (Lipinski definition) is 0. The average Bonchev–Trinajstić information content (AvgIpc) is 3.62. The van der Waals surface area contributed by atoms with Crippen molar-refractivity contribution in [2.24, 2.45) is 11.8 Å². The second kappa shape index (κ2) is 11.0. The van der Waals surface area contributed by atoms with Crippen molar-refractivity contribution in [3.05, 3.63) is 77.7 Å². The van der Waals surface area contributed by atoms with E-state index in [0.29, 0.717) is 48.1 Å². The number of likely N-dealkylation sites (tertiary alicyclic amines) is 1. The lowest BCUT2D eigenvalue weighted by Crippen LogP contribution is -2.30. The highest BCUT2D eigenvalue weighted by Crippen LogP contribution is 2.45. The van der Waals surface area contributed by atoms with Crippen LogP contribution in [0.2, 0.25) is 0 Å². The number of rotatable bonds is 9. The number of benzene rings is 3. The first kappa shape index (κ1) is 25.8. The van der Waals surface area contributed by atoms with Gasteiger partial charge in [-0.05, 0) is 99.0 Å². The minimum absolute atomic E-state index is 0.269. The first-order chi connectivity index (χ1) is 19.0. The summed E-state index contributed by atoms with van der Waals surface area (Å²) in [6.07, 6.45) is 4.22. The second-order valence-electron chi connectivity index (χ2n) is 10.6. The number of ether oxygens (including phenoxy) is 2. The minimum atomic E-state index is -0.303. The number of fused-ring (bicyclic) bond motifs is 2. The van der Waals surface area contributed by atoms with Crippen molar-refractivity contribution in [3.63, 3.8) is 0 Å². The monoisotopic (exact) mass is 532 g/mol. The molecule has 7 heteroatoms. The molecule has 2 fully saturated rings. The van der Waals surface area contributed by atoms with E-state index in [-0.39, 0.29) is 11.6 Å². The minimum Gasteiger partial charge on any atom is -0.493 e. The highest BCUT2D eigenvalue weighted by molar-refractivity contribution is 5.77. The van der Waals surface area contributed by atoms with Crippen LogP contribution < -0.4 is 9.47 Å². The Balaban J connectivity index is 1.20. The van der Waals surface area contributed by atoms with Gasteiger partial charge in [-0.2, -0.15) is 0 Å². The molecular formula is C32H34F2N2O3. The summed E-state index contributed by atoms with van der Waals surface area (Å²) in [5, 5.41) is 0. The molecule has 0 amide bonds. The van der Waals surface area contributed by atoms with E-state index in [1.807, 2.05) is 13.8 Å². The predicted octanol–water partition coefficient (Wildman–Crippen LogP) is 7.41. The van der Waals surface area contributed by atoms with Crippen LogP contribution >= 0.6 is 0 Å². The first-order valence-electron chi connectivity index (χ1n) is 14.0. The molecule has 3 aromatic carbocycles. The van der Waals surface area contributed by atoms with E-state index >= 15 is 0 Å². The number of aromatic nitrogens is 1. The molecule has 0 radical (unpaired) electrons. The van der Waals surface area contributed by atoms with Crippen LogP contribution in [-0.2, 0) is 13.0 Å². The van der Waals surface area contributed by atoms with Gasteiger partial charge in [0.1, 0.15) is 28.7 Å². The lowest BCUT2D eigenvalue weighted by Gasteiger charge is -2.25. The quantitative estimate of drug-likeness (QED) is 0.225. The Bertz CT molecular complexity index is 1420. The van der Waals surface area contributed by atoms with Crippen molar-refractivity contribution in [2.45, 2.75) is 52.1 Å². The van der Waals surface area contributed by atoms with Crippen LogP contribution in [0.15, 0.2) is 59.0 Å². The molecule has 2 heterocycles. The SMILES string of the molecule is CCOc1cc(CN2CC[C@H]3C(Cc4nc5ccc(F)cc5o4)CC[C@H]32)cc(OCC)c1-c1ccc(F)cc1. The Kier molecular flexibility index (Phi) is 7.26. The van der Waals surface area contributed by atoms with Crippen molar-refractivity contribution in [2.75, 3.05) is 19.8 Å². The molecule has 0 bridgehead atoms. The van der Waals surface area contributed by atoms with Gasteiger partial charge in [-0.25, -0.2) is 13.8 Å². The third kappa shape index (κ3) is 5.24. The summed E-state index contributed by atoms with van der Waals surface area (Å²) < 4.78 is 45.3. The van der Waals surface area contributed by atoms with Crippen LogP contribution in [0.25, 0.3) is 22.2 Å². The van der Waals surface area contributed by atoms with Crippen LogP contribution in [0.3, 0.4) is 0 Å². The van der Waals surface area contributed by atoms with Gasteiger partial charge in [0, 0.05) is 25.1 Å². The standard InChI is InChI=1S/C32H34F2N2O3/c1-3-37-29-15-20(16-30(38-4-2)32(29)21-5-8-23(33)9-6-21)19-36-14-13-25-22(7-12-27(25)36)17-31-35-26-11-10-24(34)18-28(26)39-31/h5-6,8-11,15-16,18,22,25,27H,3-4,7,12-14,17,19H2,1-2H3/t22?,25-,27+/m0/s1. The van der Waals surface area contributed by atoms with Gasteiger partial charge in [-0.3, -0.25) is 4.90 Å². The summed E-state index contributed by atoms with van der Waals surface area (Å²) >= 11 is 0. The zero-order valence-corrected chi connectivity index (χ0v) is 22.5. The number of halogens is 2. The molecule has 204 valence electrons. The van der Waals surface area contributed by atoms with Gasteiger partial charge in [-0.1, -0.05) is 12.1 Å². The summed E-state index contributed by atoms with van der Waals surface area (Å²) in [5.41, 5.74) is 4.12. The Morgan fingerprint density at radius 1 is 0.897 bits per heavy atom. The molecule has 0 N–H and O–H groups in total. The van der Waals surface area contributed by atoms with E-state index in [2.05, 4.69) is 22.0 Å². The number of nitrogens with zero attached hydrogens (tertiary/aromatic N) is 2. The predicted molar refractivity (Wildman–Crippen MR) is 147 cm³/mol. The fourth-order valence-corrected chi connectivity index (χ4v) is 6.61. The second-order valence-corrected chi connectivity index (χ2v) is 10.6. The molecule has 39 heavy (non-hydrogen) atoms. The highest BCUT2D eigenvalue weighted by atomic mass is 19.1. The van der Waals surface area contributed by atoms with Crippen LogP contribution in [0.5, 0.6) is 11.5 Å². The summed E-state index contributed by atoms with van der Waals surface area (Å²) in [5.74, 6) is 2.76. The molecule has 0 spiro atoms. The molecule has 1 saturated heterocycles. The van der Waals surface area contributed by atoms with Gasteiger partial charge in [0.25, 0.3) is 0 Å². The van der Waals surface area contributed by atoms with Crippen LogP contribution in [0.1, 0.15) is 44.6 Å². The first-order valence-corrected chi connectivity index (χ1v) is 14.0. The lowest BCUT2D eigenvalue weighted by molar-refractivity contribution is 0.224. The van der Waals surface area contributed by atoms with Gasteiger partial charge in [0.2, 0.25) is 0 Å². The molecule has 2 aliphatic rings. The average molecular weight is 533 g/mol. The summed E-state index contributed by atoms with van der Waals surface area (Å²) in [6.45, 7) is 6.86. The zero-order valence-electron chi connectivity index (χ0n) is 22.5. The normalized spacial score (nSPS) is 21.0. The van der Waals surface area contributed by atoms with Gasteiger partial charge < -0.3 is 13.9 Å². The Morgan fingerprint density at radius 3 is 2.33 bits per heavy atom.